The van der Waals surface area contributed by atoms with Crippen molar-refractivity contribution in [2.75, 3.05) is 11.9 Å². The van der Waals surface area contributed by atoms with Gasteiger partial charge in [0.2, 0.25) is 5.13 Å². The van der Waals surface area contributed by atoms with E-state index in [9.17, 15) is 4.79 Å². The predicted octanol–water partition coefficient (Wildman–Crippen LogP) is 3.70. The number of aryl methyl sites for hydroxylation is 2. The van der Waals surface area contributed by atoms with Gasteiger partial charge in [-0.05, 0) is 25.3 Å². The summed E-state index contributed by atoms with van der Waals surface area (Å²) in [5, 5.41) is 17.9. The Bertz CT molecular complexity index is 774. The second-order valence-electron chi connectivity index (χ2n) is 4.77. The van der Waals surface area contributed by atoms with Gasteiger partial charge in [0.25, 0.3) is 0 Å². The first-order chi connectivity index (χ1) is 11.1. The Balaban J connectivity index is 1.48. The van der Waals surface area contributed by atoms with E-state index in [0.29, 0.717) is 11.7 Å². The molecular weight excluding hydrogens is 350 g/mol. The van der Waals surface area contributed by atoms with E-state index < -0.39 is 0 Å². The van der Waals surface area contributed by atoms with Crippen molar-refractivity contribution >= 4 is 45.2 Å². The van der Waals surface area contributed by atoms with Crippen molar-refractivity contribution in [2.45, 2.75) is 20.3 Å². The molecule has 0 aliphatic heterocycles. The molecule has 0 aliphatic rings. The van der Waals surface area contributed by atoms with Gasteiger partial charge in [0, 0.05) is 17.8 Å². The minimum atomic E-state index is -0.274. The van der Waals surface area contributed by atoms with Crippen molar-refractivity contribution in [1.29, 1.82) is 0 Å². The quantitative estimate of drug-likeness (QED) is 0.722. The molecule has 0 radical (unpaired) electrons. The topological polar surface area (TPSA) is 79.8 Å². The van der Waals surface area contributed by atoms with Crippen molar-refractivity contribution in [3.63, 3.8) is 0 Å². The fourth-order valence-corrected chi connectivity index (χ4v) is 4.31. The Kier molecular flexibility index (Phi) is 4.99. The SMILES string of the molecule is Cc1nc(CCNC(=O)Nc2nnc(-c3cccs3)s2)sc1C. The molecule has 0 bridgehead atoms. The van der Waals surface area contributed by atoms with Crippen molar-refractivity contribution < 1.29 is 4.79 Å². The van der Waals surface area contributed by atoms with Crippen LogP contribution in [-0.2, 0) is 6.42 Å². The third kappa shape index (κ3) is 4.12. The van der Waals surface area contributed by atoms with Gasteiger partial charge in [-0.15, -0.1) is 32.9 Å². The van der Waals surface area contributed by atoms with Crippen LogP contribution in [0.1, 0.15) is 15.6 Å². The van der Waals surface area contributed by atoms with Crippen LogP contribution in [0.2, 0.25) is 0 Å². The van der Waals surface area contributed by atoms with Crippen LogP contribution < -0.4 is 10.6 Å². The lowest BCUT2D eigenvalue weighted by Gasteiger charge is -2.03. The molecule has 3 heterocycles. The molecule has 2 amide bonds. The number of thiophene rings is 1. The van der Waals surface area contributed by atoms with Crippen molar-refractivity contribution in [3.05, 3.63) is 33.1 Å². The van der Waals surface area contributed by atoms with Gasteiger partial charge in [-0.3, -0.25) is 5.32 Å². The number of nitrogens with zero attached hydrogens (tertiary/aromatic N) is 3. The summed E-state index contributed by atoms with van der Waals surface area (Å²) >= 11 is 4.63. The van der Waals surface area contributed by atoms with Crippen molar-refractivity contribution in [3.8, 4) is 9.88 Å². The number of nitrogens with one attached hydrogen (secondary N) is 2. The van der Waals surface area contributed by atoms with Crippen LogP contribution >= 0.6 is 34.0 Å². The fourth-order valence-electron chi connectivity index (χ4n) is 1.84. The maximum Gasteiger partial charge on any atom is 0.321 e. The highest BCUT2D eigenvalue weighted by atomic mass is 32.1. The number of thiazole rings is 1. The molecule has 3 aromatic heterocycles. The lowest BCUT2D eigenvalue weighted by Crippen LogP contribution is -2.30. The van der Waals surface area contributed by atoms with Crippen LogP contribution in [0.15, 0.2) is 17.5 Å². The molecule has 6 nitrogen and oxygen atoms in total. The molecule has 0 saturated heterocycles. The Labute approximate surface area is 145 Å². The van der Waals surface area contributed by atoms with Gasteiger partial charge in [-0.1, -0.05) is 17.4 Å². The molecule has 0 saturated carbocycles. The summed E-state index contributed by atoms with van der Waals surface area (Å²) in [4.78, 5) is 18.6. The number of rotatable bonds is 5. The standard InChI is InChI=1S/C14H15N5OS3/c1-8-9(2)22-11(16-8)5-6-15-13(20)17-14-19-18-12(23-14)10-4-3-7-21-10/h3-4,7H,5-6H2,1-2H3,(H2,15,17,19,20). The van der Waals surface area contributed by atoms with Gasteiger partial charge in [0.1, 0.15) is 0 Å². The number of aromatic nitrogens is 3. The van der Waals surface area contributed by atoms with Crippen LogP contribution in [0.3, 0.4) is 0 Å². The van der Waals surface area contributed by atoms with Crippen molar-refractivity contribution in [1.82, 2.24) is 20.5 Å². The van der Waals surface area contributed by atoms with E-state index in [0.717, 1.165) is 27.0 Å². The molecule has 3 aromatic rings. The van der Waals surface area contributed by atoms with E-state index in [4.69, 9.17) is 0 Å². The maximum absolute atomic E-state index is 11.9. The summed E-state index contributed by atoms with van der Waals surface area (Å²) in [5.41, 5.74) is 1.06. The first-order valence-electron chi connectivity index (χ1n) is 6.97. The summed E-state index contributed by atoms with van der Waals surface area (Å²) in [7, 11) is 0. The highest BCUT2D eigenvalue weighted by Gasteiger charge is 2.10. The lowest BCUT2D eigenvalue weighted by molar-refractivity contribution is 0.252. The third-order valence-corrected chi connectivity index (χ3v) is 6.09. The van der Waals surface area contributed by atoms with Crippen LogP contribution in [0.4, 0.5) is 9.93 Å². The summed E-state index contributed by atoms with van der Waals surface area (Å²) in [6, 6.07) is 3.67. The average Bonchev–Trinajstić information content (AvgIpc) is 3.21. The fraction of sp³-hybridized carbons (Fsp3) is 0.286. The monoisotopic (exact) mass is 365 g/mol. The van der Waals surface area contributed by atoms with E-state index >= 15 is 0 Å². The maximum atomic E-state index is 11.9. The highest BCUT2D eigenvalue weighted by molar-refractivity contribution is 7.23. The van der Waals surface area contributed by atoms with Gasteiger partial charge < -0.3 is 5.32 Å². The molecule has 9 heteroatoms. The lowest BCUT2D eigenvalue weighted by atomic mass is 10.4. The van der Waals surface area contributed by atoms with Gasteiger partial charge in [-0.2, -0.15) is 0 Å². The van der Waals surface area contributed by atoms with Crippen LogP contribution in [0.5, 0.6) is 0 Å². The number of hydrogen-bond donors (Lipinski definition) is 2. The average molecular weight is 366 g/mol. The number of anilines is 1. The summed E-state index contributed by atoms with van der Waals surface area (Å²) < 4.78 is 0. The van der Waals surface area contributed by atoms with Crippen LogP contribution in [-0.4, -0.2) is 27.8 Å². The van der Waals surface area contributed by atoms with E-state index in [1.807, 2.05) is 24.4 Å². The molecule has 2 N–H and O–H groups in total. The molecule has 0 aromatic carbocycles. The highest BCUT2D eigenvalue weighted by Crippen LogP contribution is 2.29. The number of urea groups is 1. The zero-order valence-corrected chi connectivity index (χ0v) is 15.1. The second-order valence-corrected chi connectivity index (χ2v) is 7.98. The number of hydrogen-bond acceptors (Lipinski definition) is 7. The molecule has 0 aliphatic carbocycles. The minimum Gasteiger partial charge on any atom is -0.337 e. The second kappa shape index (κ2) is 7.16. The molecule has 0 atom stereocenters. The number of carbonyl (C=O) groups is 1. The molecule has 23 heavy (non-hydrogen) atoms. The Morgan fingerprint density at radius 1 is 1.26 bits per heavy atom. The molecular formula is C14H15N5OS3. The Morgan fingerprint density at radius 3 is 2.83 bits per heavy atom. The Morgan fingerprint density at radius 2 is 2.13 bits per heavy atom. The molecule has 0 unspecified atom stereocenters. The molecule has 3 rings (SSSR count). The number of amides is 2. The van der Waals surface area contributed by atoms with Crippen LogP contribution in [0.25, 0.3) is 9.88 Å². The van der Waals surface area contributed by atoms with Gasteiger partial charge in [0.15, 0.2) is 5.01 Å². The summed E-state index contributed by atoms with van der Waals surface area (Å²) in [6.45, 7) is 4.59. The van der Waals surface area contributed by atoms with Gasteiger partial charge in [0.05, 0.1) is 15.6 Å². The molecule has 0 fully saturated rings. The van der Waals surface area contributed by atoms with E-state index in [1.165, 1.54) is 16.2 Å². The normalized spacial score (nSPS) is 10.7. The largest absolute Gasteiger partial charge is 0.337 e. The summed E-state index contributed by atoms with van der Waals surface area (Å²) in [5.74, 6) is 0. The van der Waals surface area contributed by atoms with E-state index in [2.05, 4.69) is 32.7 Å². The first-order valence-corrected chi connectivity index (χ1v) is 9.48. The zero-order chi connectivity index (χ0) is 16.2. The first kappa shape index (κ1) is 16.0. The van der Waals surface area contributed by atoms with E-state index in [-0.39, 0.29) is 6.03 Å². The predicted molar refractivity (Wildman–Crippen MR) is 95.5 cm³/mol. The third-order valence-electron chi connectivity index (χ3n) is 3.07. The molecule has 120 valence electrons. The van der Waals surface area contributed by atoms with Crippen LogP contribution in [0, 0.1) is 13.8 Å². The minimum absolute atomic E-state index is 0.274. The van der Waals surface area contributed by atoms with Gasteiger partial charge in [-0.25, -0.2) is 9.78 Å². The smallest absolute Gasteiger partial charge is 0.321 e. The number of carbonyl (C=O) groups excluding carboxylic acids is 1. The van der Waals surface area contributed by atoms with E-state index in [1.54, 1.807) is 22.7 Å². The Hall–Kier alpha value is -1.84. The zero-order valence-electron chi connectivity index (χ0n) is 12.6. The van der Waals surface area contributed by atoms with Gasteiger partial charge >= 0.3 is 6.03 Å². The van der Waals surface area contributed by atoms with Crippen molar-refractivity contribution in [2.24, 2.45) is 0 Å². The molecule has 0 spiro atoms. The summed E-state index contributed by atoms with van der Waals surface area (Å²) in [6.07, 6.45) is 0.726.